The van der Waals surface area contributed by atoms with Gasteiger partial charge >= 0.3 is 0 Å². The fourth-order valence-electron chi connectivity index (χ4n) is 1.82. The van der Waals surface area contributed by atoms with E-state index in [-0.39, 0.29) is 18.0 Å². The Morgan fingerprint density at radius 1 is 1.16 bits per heavy atom. The minimum atomic E-state index is -0.232. The Morgan fingerprint density at radius 3 is 2.32 bits per heavy atom. The van der Waals surface area contributed by atoms with Gasteiger partial charge in [0.2, 0.25) is 0 Å². The summed E-state index contributed by atoms with van der Waals surface area (Å²) in [5, 5.41) is 3.35. The smallest absolute Gasteiger partial charge is 0.123 e. The summed E-state index contributed by atoms with van der Waals surface area (Å²) in [6.07, 6.45) is -0.109. The highest BCUT2D eigenvalue weighted by atomic mass is 19.1. The van der Waals surface area contributed by atoms with Crippen molar-refractivity contribution in [3.8, 4) is 0 Å². The van der Waals surface area contributed by atoms with Gasteiger partial charge in [0.15, 0.2) is 0 Å². The molecule has 4 heteroatoms. The molecule has 1 N–H and O–H groups in total. The van der Waals surface area contributed by atoms with Crippen LogP contribution in [0, 0.1) is 5.82 Å². The lowest BCUT2D eigenvalue weighted by Crippen LogP contribution is -2.31. The third-order valence-corrected chi connectivity index (χ3v) is 2.75. The molecule has 0 aromatic heterocycles. The summed E-state index contributed by atoms with van der Waals surface area (Å²) in [7, 11) is 1.65. The Morgan fingerprint density at radius 2 is 1.79 bits per heavy atom. The molecular weight excluding hydrogens is 245 g/mol. The van der Waals surface area contributed by atoms with Crippen molar-refractivity contribution in [3.63, 3.8) is 0 Å². The maximum Gasteiger partial charge on any atom is 0.123 e. The van der Waals surface area contributed by atoms with Crippen molar-refractivity contribution in [1.82, 2.24) is 5.32 Å². The Balaban J connectivity index is 2.70. The summed E-state index contributed by atoms with van der Waals surface area (Å²) in [5.74, 6) is -0.232. The first-order valence-corrected chi connectivity index (χ1v) is 6.66. The average molecular weight is 269 g/mol. The molecule has 2 atom stereocenters. The van der Waals surface area contributed by atoms with E-state index in [1.54, 1.807) is 19.2 Å². The summed E-state index contributed by atoms with van der Waals surface area (Å²) in [6.45, 7) is 7.37. The van der Waals surface area contributed by atoms with Gasteiger partial charge in [-0.1, -0.05) is 26.0 Å². The molecule has 0 heterocycles. The van der Waals surface area contributed by atoms with E-state index in [0.717, 1.165) is 5.56 Å². The van der Waals surface area contributed by atoms with Crippen LogP contribution in [0.25, 0.3) is 0 Å². The molecule has 0 saturated heterocycles. The molecular formula is C15H24FNO2. The van der Waals surface area contributed by atoms with E-state index in [1.807, 2.05) is 6.92 Å². The topological polar surface area (TPSA) is 30.5 Å². The number of benzene rings is 1. The molecule has 2 unspecified atom stereocenters. The predicted molar refractivity (Wildman–Crippen MR) is 74.7 cm³/mol. The minimum Gasteiger partial charge on any atom is -0.382 e. The zero-order valence-electron chi connectivity index (χ0n) is 12.2. The van der Waals surface area contributed by atoms with E-state index in [4.69, 9.17) is 9.47 Å². The van der Waals surface area contributed by atoms with Crippen molar-refractivity contribution in [2.75, 3.05) is 20.3 Å². The van der Waals surface area contributed by atoms with Crippen LogP contribution >= 0.6 is 0 Å². The second-order valence-electron chi connectivity index (χ2n) is 5.01. The largest absolute Gasteiger partial charge is 0.382 e. The van der Waals surface area contributed by atoms with E-state index in [1.165, 1.54) is 12.1 Å². The molecule has 1 aromatic rings. The maximum absolute atomic E-state index is 13.0. The van der Waals surface area contributed by atoms with E-state index in [9.17, 15) is 4.39 Å². The highest BCUT2D eigenvalue weighted by Gasteiger charge is 2.16. The zero-order valence-corrected chi connectivity index (χ0v) is 12.2. The van der Waals surface area contributed by atoms with Crippen LogP contribution in [0.1, 0.15) is 32.4 Å². The predicted octanol–water partition coefficient (Wildman–Crippen LogP) is 2.92. The van der Waals surface area contributed by atoms with Crippen molar-refractivity contribution >= 4 is 0 Å². The van der Waals surface area contributed by atoms with Crippen LogP contribution < -0.4 is 5.32 Å². The lowest BCUT2D eigenvalue weighted by Gasteiger charge is -2.24. The van der Waals surface area contributed by atoms with E-state index in [2.05, 4.69) is 19.2 Å². The quantitative estimate of drug-likeness (QED) is 0.787. The standard InChI is InChI=1S/C15H24FNO2/c1-11(2)17-9-15(19-12(3)10-18-4)13-5-7-14(16)8-6-13/h5-8,11-12,15,17H,9-10H2,1-4H3. The fraction of sp³-hybridized carbons (Fsp3) is 0.600. The van der Waals surface area contributed by atoms with Gasteiger partial charge in [0.25, 0.3) is 0 Å². The first kappa shape index (κ1) is 16.1. The van der Waals surface area contributed by atoms with Crippen LogP contribution in [-0.2, 0) is 9.47 Å². The van der Waals surface area contributed by atoms with Crippen molar-refractivity contribution in [1.29, 1.82) is 0 Å². The Bertz CT molecular complexity index is 354. The molecule has 3 nitrogen and oxygen atoms in total. The summed E-state index contributed by atoms with van der Waals surface area (Å²) < 4.78 is 24.0. The minimum absolute atomic E-state index is 0.00554. The van der Waals surface area contributed by atoms with Crippen molar-refractivity contribution in [2.45, 2.75) is 39.0 Å². The van der Waals surface area contributed by atoms with Gasteiger partial charge in [-0.25, -0.2) is 4.39 Å². The van der Waals surface area contributed by atoms with Gasteiger partial charge in [-0.3, -0.25) is 0 Å². The Labute approximate surface area is 115 Å². The van der Waals surface area contributed by atoms with E-state index in [0.29, 0.717) is 19.2 Å². The molecule has 1 rings (SSSR count). The van der Waals surface area contributed by atoms with Gasteiger partial charge in [0, 0.05) is 19.7 Å². The van der Waals surface area contributed by atoms with Gasteiger partial charge in [0.1, 0.15) is 5.82 Å². The zero-order chi connectivity index (χ0) is 14.3. The fourth-order valence-corrected chi connectivity index (χ4v) is 1.82. The van der Waals surface area contributed by atoms with Gasteiger partial charge in [-0.2, -0.15) is 0 Å². The van der Waals surface area contributed by atoms with Gasteiger partial charge in [0.05, 0.1) is 18.8 Å². The lowest BCUT2D eigenvalue weighted by atomic mass is 10.1. The molecule has 108 valence electrons. The summed E-state index contributed by atoms with van der Waals surface area (Å²) in [4.78, 5) is 0. The summed E-state index contributed by atoms with van der Waals surface area (Å²) in [6, 6.07) is 6.83. The first-order valence-electron chi connectivity index (χ1n) is 6.66. The molecule has 0 aliphatic heterocycles. The van der Waals surface area contributed by atoms with Crippen LogP contribution in [0.5, 0.6) is 0 Å². The lowest BCUT2D eigenvalue weighted by molar-refractivity contribution is -0.0399. The molecule has 0 saturated carbocycles. The molecule has 0 amide bonds. The average Bonchev–Trinajstić information content (AvgIpc) is 2.35. The number of nitrogens with one attached hydrogen (secondary N) is 1. The van der Waals surface area contributed by atoms with Crippen molar-refractivity contribution in [3.05, 3.63) is 35.6 Å². The van der Waals surface area contributed by atoms with Crippen LogP contribution in [0.4, 0.5) is 4.39 Å². The normalized spacial score (nSPS) is 14.6. The Hall–Kier alpha value is -0.970. The van der Waals surface area contributed by atoms with Crippen LogP contribution in [0.15, 0.2) is 24.3 Å². The third kappa shape index (κ3) is 6.14. The number of methoxy groups -OCH3 is 1. The second-order valence-corrected chi connectivity index (χ2v) is 5.01. The monoisotopic (exact) mass is 269 g/mol. The van der Waals surface area contributed by atoms with Gasteiger partial charge in [-0.05, 0) is 24.6 Å². The molecule has 0 fully saturated rings. The molecule has 0 aliphatic carbocycles. The number of ether oxygens (including phenoxy) is 2. The maximum atomic E-state index is 13.0. The second kappa shape index (κ2) is 8.25. The number of hydrogen-bond donors (Lipinski definition) is 1. The number of hydrogen-bond acceptors (Lipinski definition) is 3. The molecule has 1 aromatic carbocycles. The highest BCUT2D eigenvalue weighted by molar-refractivity contribution is 5.19. The molecule has 0 bridgehead atoms. The third-order valence-electron chi connectivity index (χ3n) is 2.75. The van der Waals surface area contributed by atoms with Crippen molar-refractivity contribution in [2.24, 2.45) is 0 Å². The van der Waals surface area contributed by atoms with Crippen molar-refractivity contribution < 1.29 is 13.9 Å². The molecule has 0 spiro atoms. The first-order chi connectivity index (χ1) is 9.02. The van der Waals surface area contributed by atoms with Gasteiger partial charge in [-0.15, -0.1) is 0 Å². The van der Waals surface area contributed by atoms with Crippen LogP contribution in [0.2, 0.25) is 0 Å². The number of rotatable bonds is 8. The van der Waals surface area contributed by atoms with E-state index >= 15 is 0 Å². The Kier molecular flexibility index (Phi) is 6.99. The van der Waals surface area contributed by atoms with Gasteiger partial charge < -0.3 is 14.8 Å². The molecule has 19 heavy (non-hydrogen) atoms. The highest BCUT2D eigenvalue weighted by Crippen LogP contribution is 2.19. The molecule has 0 radical (unpaired) electrons. The van der Waals surface area contributed by atoms with Crippen LogP contribution in [0.3, 0.4) is 0 Å². The summed E-state index contributed by atoms with van der Waals surface area (Å²) >= 11 is 0. The number of halogens is 1. The summed E-state index contributed by atoms with van der Waals surface area (Å²) in [5.41, 5.74) is 0.970. The van der Waals surface area contributed by atoms with E-state index < -0.39 is 0 Å². The SMILES string of the molecule is COCC(C)OC(CNC(C)C)c1ccc(F)cc1. The molecule has 0 aliphatic rings. The van der Waals surface area contributed by atoms with Crippen LogP contribution in [-0.4, -0.2) is 32.4 Å².